The van der Waals surface area contributed by atoms with Gasteiger partial charge in [-0.3, -0.25) is 14.4 Å². The van der Waals surface area contributed by atoms with Crippen molar-refractivity contribution in [3.8, 4) is 22.8 Å². The Balaban J connectivity index is 1.22. The summed E-state index contributed by atoms with van der Waals surface area (Å²) in [5, 5.41) is 9.81. The van der Waals surface area contributed by atoms with Gasteiger partial charge in [-0.1, -0.05) is 43.3 Å². The number of fused-ring (bicyclic) bond motifs is 2. The van der Waals surface area contributed by atoms with Crippen LogP contribution >= 0.6 is 0 Å². The molecule has 1 atom stereocenters. The number of aromatic nitrogens is 1. The van der Waals surface area contributed by atoms with E-state index in [2.05, 4.69) is 25.1 Å². The van der Waals surface area contributed by atoms with Gasteiger partial charge in [-0.15, -0.1) is 0 Å². The first kappa shape index (κ1) is 39.9. The van der Waals surface area contributed by atoms with Crippen molar-refractivity contribution < 1.29 is 29.0 Å². The number of aromatic hydroxyl groups is 1. The van der Waals surface area contributed by atoms with Gasteiger partial charge in [-0.05, 0) is 115 Å². The quantitative estimate of drug-likeness (QED) is 0.165. The van der Waals surface area contributed by atoms with E-state index in [4.69, 9.17) is 4.74 Å². The molecule has 4 aromatic carbocycles. The number of hydrogen-bond donors (Lipinski definition) is 1. The smallest absolute Gasteiger partial charge is 0.415 e. The summed E-state index contributed by atoms with van der Waals surface area (Å²) in [7, 11) is 7.08. The number of rotatable bonds is 9. The standard InChI is InChI=1S/C47H51N5O6/c1-7-36-24-32-12-8-9-13-34(32)29-52(36)46(56)42-26-35-28-51(47(57)58-39-14-10-11-31(23-39)15-20-44(54)48(3)4)22-21-33(35)25-41(42)43-27-40(30(2)49(43)5)45(55)50(6)37-16-18-38(53)19-17-37/h8-14,16-19,23,25-27,36,53H,7,15,20-22,24,28-29H2,1-6H3/t36-/m1/s1. The second kappa shape index (κ2) is 16.6. The molecule has 58 heavy (non-hydrogen) atoms. The third-order valence-electron chi connectivity index (χ3n) is 11.7. The number of benzene rings is 4. The zero-order valence-electron chi connectivity index (χ0n) is 34.1. The van der Waals surface area contributed by atoms with Gasteiger partial charge in [-0.25, -0.2) is 4.79 Å². The highest BCUT2D eigenvalue weighted by Gasteiger charge is 2.33. The van der Waals surface area contributed by atoms with Crippen molar-refractivity contribution in [3.05, 3.63) is 136 Å². The van der Waals surface area contributed by atoms with E-state index in [0.29, 0.717) is 54.9 Å². The van der Waals surface area contributed by atoms with Gasteiger partial charge in [-0.2, -0.15) is 0 Å². The first-order chi connectivity index (χ1) is 27.8. The molecule has 11 nitrogen and oxygen atoms in total. The fraction of sp³-hybridized carbons (Fsp3) is 0.319. The van der Waals surface area contributed by atoms with Crippen LogP contribution in [0.2, 0.25) is 0 Å². The highest BCUT2D eigenvalue weighted by Crippen LogP contribution is 2.36. The summed E-state index contributed by atoms with van der Waals surface area (Å²) in [6.07, 6.45) is 2.50. The van der Waals surface area contributed by atoms with E-state index < -0.39 is 6.09 Å². The lowest BCUT2D eigenvalue weighted by molar-refractivity contribution is -0.128. The Labute approximate surface area is 340 Å². The van der Waals surface area contributed by atoms with E-state index in [1.165, 1.54) is 5.56 Å². The Morgan fingerprint density at radius 1 is 0.828 bits per heavy atom. The number of ether oxygens (including phenoxy) is 1. The van der Waals surface area contributed by atoms with Crippen molar-refractivity contribution in [1.82, 2.24) is 19.3 Å². The number of nitrogens with zero attached hydrogens (tertiary/aromatic N) is 5. The summed E-state index contributed by atoms with van der Waals surface area (Å²) in [4.78, 5) is 61.6. The molecule has 1 aromatic heterocycles. The van der Waals surface area contributed by atoms with Gasteiger partial charge < -0.3 is 34.0 Å². The highest BCUT2D eigenvalue weighted by molar-refractivity contribution is 6.08. The molecular weight excluding hydrogens is 731 g/mol. The van der Waals surface area contributed by atoms with Crippen molar-refractivity contribution in [2.45, 2.75) is 65.1 Å². The highest BCUT2D eigenvalue weighted by atomic mass is 16.6. The van der Waals surface area contributed by atoms with E-state index in [-0.39, 0.29) is 36.1 Å². The van der Waals surface area contributed by atoms with Crippen LogP contribution in [0.3, 0.4) is 0 Å². The SMILES string of the molecule is CC[C@@H]1Cc2ccccc2CN1C(=O)c1cc2c(cc1-c1cc(C(=O)N(C)c3ccc(O)cc3)c(C)n1C)CCN(C(=O)Oc1cccc(CCC(=O)N(C)C)c1)C2. The molecule has 5 aromatic rings. The first-order valence-electron chi connectivity index (χ1n) is 19.9. The van der Waals surface area contributed by atoms with E-state index in [1.807, 2.05) is 59.8 Å². The lowest BCUT2D eigenvalue weighted by Crippen LogP contribution is -2.44. The van der Waals surface area contributed by atoms with Gasteiger partial charge in [0.1, 0.15) is 11.5 Å². The van der Waals surface area contributed by atoms with Gasteiger partial charge in [0.05, 0.1) is 5.56 Å². The maximum absolute atomic E-state index is 15.0. The predicted molar refractivity (Wildman–Crippen MR) is 224 cm³/mol. The fourth-order valence-electron chi connectivity index (χ4n) is 8.05. The molecule has 1 N–H and O–H groups in total. The third-order valence-corrected chi connectivity index (χ3v) is 11.7. The molecule has 2 aliphatic rings. The van der Waals surface area contributed by atoms with Crippen LogP contribution in [0.4, 0.5) is 10.5 Å². The van der Waals surface area contributed by atoms with Crippen LogP contribution in [0.15, 0.2) is 91.0 Å². The van der Waals surface area contributed by atoms with E-state index >= 15 is 4.79 Å². The molecule has 0 saturated heterocycles. The third kappa shape index (κ3) is 8.07. The molecule has 7 rings (SSSR count). The van der Waals surface area contributed by atoms with Crippen LogP contribution in [0.25, 0.3) is 11.3 Å². The molecule has 0 saturated carbocycles. The van der Waals surface area contributed by atoms with Crippen LogP contribution in [0, 0.1) is 6.92 Å². The van der Waals surface area contributed by atoms with Gasteiger partial charge in [0, 0.05) is 88.5 Å². The lowest BCUT2D eigenvalue weighted by atomic mass is 9.89. The number of carbonyl (C=O) groups excluding carboxylic acids is 4. The van der Waals surface area contributed by atoms with Crippen LogP contribution in [0.5, 0.6) is 11.5 Å². The lowest BCUT2D eigenvalue weighted by Gasteiger charge is -2.37. The molecule has 0 radical (unpaired) electrons. The molecular formula is C47H51N5O6. The first-order valence-corrected chi connectivity index (χ1v) is 19.9. The number of anilines is 1. The zero-order chi connectivity index (χ0) is 41.2. The minimum absolute atomic E-state index is 0.000713. The Hall–Kier alpha value is -6.36. The molecule has 0 fully saturated rings. The van der Waals surface area contributed by atoms with E-state index in [0.717, 1.165) is 52.0 Å². The van der Waals surface area contributed by atoms with Crippen LogP contribution in [-0.4, -0.2) is 81.9 Å². The second-order valence-corrected chi connectivity index (χ2v) is 15.6. The normalized spacial score (nSPS) is 14.7. The Morgan fingerprint density at radius 2 is 1.57 bits per heavy atom. The number of phenols is 1. The predicted octanol–water partition coefficient (Wildman–Crippen LogP) is 7.54. The molecule has 11 heteroatoms. The number of hydrogen-bond acceptors (Lipinski definition) is 6. The van der Waals surface area contributed by atoms with Gasteiger partial charge in [0.15, 0.2) is 0 Å². The summed E-state index contributed by atoms with van der Waals surface area (Å²) < 4.78 is 7.84. The van der Waals surface area contributed by atoms with E-state index in [1.54, 1.807) is 72.2 Å². The Morgan fingerprint density at radius 3 is 2.29 bits per heavy atom. The summed E-state index contributed by atoms with van der Waals surface area (Å²) >= 11 is 0. The number of phenolic OH excluding ortho intramolecular Hbond substituents is 1. The maximum Gasteiger partial charge on any atom is 0.415 e. The number of amides is 4. The van der Waals surface area contributed by atoms with Gasteiger partial charge in [0.2, 0.25) is 5.91 Å². The average molecular weight is 782 g/mol. The monoisotopic (exact) mass is 781 g/mol. The van der Waals surface area contributed by atoms with Crippen molar-refractivity contribution >= 4 is 29.5 Å². The molecule has 4 amide bonds. The minimum Gasteiger partial charge on any atom is -0.508 e. The molecule has 0 bridgehead atoms. The molecule has 0 unspecified atom stereocenters. The molecule has 2 aliphatic heterocycles. The summed E-state index contributed by atoms with van der Waals surface area (Å²) in [5.74, 6) is 0.243. The zero-order valence-corrected chi connectivity index (χ0v) is 34.1. The molecule has 300 valence electrons. The topological polar surface area (TPSA) is 116 Å². The molecule has 0 aliphatic carbocycles. The van der Waals surface area contributed by atoms with Crippen molar-refractivity contribution in [2.75, 3.05) is 32.6 Å². The number of carbonyl (C=O) groups is 4. The van der Waals surface area contributed by atoms with Gasteiger partial charge in [0.25, 0.3) is 11.8 Å². The summed E-state index contributed by atoms with van der Waals surface area (Å²) in [5.41, 5.74) is 9.05. The van der Waals surface area contributed by atoms with Crippen molar-refractivity contribution in [3.63, 3.8) is 0 Å². The summed E-state index contributed by atoms with van der Waals surface area (Å²) in [6, 6.07) is 27.9. The summed E-state index contributed by atoms with van der Waals surface area (Å²) in [6.45, 7) is 5.18. The largest absolute Gasteiger partial charge is 0.508 e. The Kier molecular flexibility index (Phi) is 11.4. The van der Waals surface area contributed by atoms with Crippen molar-refractivity contribution in [2.24, 2.45) is 7.05 Å². The van der Waals surface area contributed by atoms with Gasteiger partial charge >= 0.3 is 6.09 Å². The van der Waals surface area contributed by atoms with Crippen LogP contribution in [0.1, 0.15) is 74.0 Å². The maximum atomic E-state index is 15.0. The number of aryl methyl sites for hydroxylation is 1. The molecule has 3 heterocycles. The minimum atomic E-state index is -0.484. The van der Waals surface area contributed by atoms with Crippen LogP contribution < -0.4 is 9.64 Å². The van der Waals surface area contributed by atoms with Crippen LogP contribution in [-0.2, 0) is 44.2 Å². The second-order valence-electron chi connectivity index (χ2n) is 15.6. The fourth-order valence-corrected chi connectivity index (χ4v) is 8.05. The molecule has 0 spiro atoms. The Bertz CT molecular complexity index is 2380. The van der Waals surface area contributed by atoms with Crippen molar-refractivity contribution in [1.29, 1.82) is 0 Å². The average Bonchev–Trinajstić information content (AvgIpc) is 3.53. The van der Waals surface area contributed by atoms with E-state index in [9.17, 15) is 19.5 Å².